The molecule has 0 saturated heterocycles. The number of alkyl halides is 3. The van der Waals surface area contributed by atoms with Crippen molar-refractivity contribution in [2.45, 2.75) is 12.2 Å². The monoisotopic (exact) mass is 301 g/mol. The molecule has 1 aromatic carbocycles. The van der Waals surface area contributed by atoms with E-state index in [0.29, 0.717) is 11.8 Å². The summed E-state index contributed by atoms with van der Waals surface area (Å²) in [4.78, 5) is 7.69. The number of methoxy groups -OCH3 is 1. The molecule has 0 saturated carbocycles. The average molecular weight is 301 g/mol. The van der Waals surface area contributed by atoms with Crippen molar-refractivity contribution in [3.63, 3.8) is 0 Å². The number of halogens is 4. The average Bonchev–Trinajstić information content (AvgIpc) is 2.45. The van der Waals surface area contributed by atoms with Crippen LogP contribution in [0.4, 0.5) is 17.6 Å². The lowest BCUT2D eigenvalue weighted by atomic mass is 10.0. The predicted octanol–water partition coefficient (Wildman–Crippen LogP) is 2.69. The van der Waals surface area contributed by atoms with Gasteiger partial charge in [-0.3, -0.25) is 0 Å². The summed E-state index contributed by atoms with van der Waals surface area (Å²) in [5.41, 5.74) is 5.01. The van der Waals surface area contributed by atoms with Crippen molar-refractivity contribution in [2.75, 3.05) is 7.11 Å². The summed E-state index contributed by atoms with van der Waals surface area (Å²) in [5, 5.41) is 0. The molecule has 2 N–H and O–H groups in total. The Morgan fingerprint density at radius 3 is 2.48 bits per heavy atom. The molecule has 0 radical (unpaired) electrons. The molecular weight excluding hydrogens is 290 g/mol. The third-order valence-corrected chi connectivity index (χ3v) is 2.85. The Balaban J connectivity index is 2.35. The van der Waals surface area contributed by atoms with Gasteiger partial charge in [0, 0.05) is 6.07 Å². The summed E-state index contributed by atoms with van der Waals surface area (Å²) in [6.45, 7) is 0. The Bertz CT molecular complexity index is 646. The number of hydrogen-bond donors (Lipinski definition) is 1. The summed E-state index contributed by atoms with van der Waals surface area (Å²) >= 11 is 0. The number of ether oxygens (including phenoxy) is 1. The van der Waals surface area contributed by atoms with Crippen LogP contribution in [0, 0.1) is 5.82 Å². The molecule has 0 amide bonds. The van der Waals surface area contributed by atoms with Crippen LogP contribution in [0.5, 0.6) is 5.88 Å². The molecule has 0 aliphatic carbocycles. The molecule has 0 aliphatic rings. The fourth-order valence-corrected chi connectivity index (χ4v) is 1.76. The van der Waals surface area contributed by atoms with E-state index >= 15 is 0 Å². The Morgan fingerprint density at radius 1 is 1.19 bits per heavy atom. The van der Waals surface area contributed by atoms with Crippen LogP contribution in [0.25, 0.3) is 0 Å². The zero-order valence-electron chi connectivity index (χ0n) is 10.9. The highest BCUT2D eigenvalue weighted by Crippen LogP contribution is 2.32. The largest absolute Gasteiger partial charge is 0.481 e. The zero-order chi connectivity index (χ0) is 15.6. The Labute approximate surface area is 117 Å². The van der Waals surface area contributed by atoms with Crippen LogP contribution in [-0.2, 0) is 6.18 Å². The molecule has 1 unspecified atom stereocenters. The van der Waals surface area contributed by atoms with E-state index in [-0.39, 0.29) is 11.4 Å². The fraction of sp³-hybridized carbons (Fsp3) is 0.231. The zero-order valence-corrected chi connectivity index (χ0v) is 10.9. The van der Waals surface area contributed by atoms with Crippen LogP contribution < -0.4 is 10.5 Å². The van der Waals surface area contributed by atoms with E-state index in [1.807, 2.05) is 0 Å². The second-order valence-electron chi connectivity index (χ2n) is 4.20. The highest BCUT2D eigenvalue weighted by atomic mass is 19.4. The van der Waals surface area contributed by atoms with E-state index in [0.717, 1.165) is 12.1 Å². The van der Waals surface area contributed by atoms with Gasteiger partial charge in [0.05, 0.1) is 24.4 Å². The molecule has 1 atom stereocenters. The molecule has 8 heteroatoms. The third-order valence-electron chi connectivity index (χ3n) is 2.85. The molecule has 4 nitrogen and oxygen atoms in total. The second-order valence-corrected chi connectivity index (χ2v) is 4.20. The van der Waals surface area contributed by atoms with E-state index in [9.17, 15) is 17.6 Å². The highest BCUT2D eigenvalue weighted by molar-refractivity contribution is 5.33. The van der Waals surface area contributed by atoms with Gasteiger partial charge in [-0.05, 0) is 17.7 Å². The minimum absolute atomic E-state index is 0.168. The van der Waals surface area contributed by atoms with Crippen molar-refractivity contribution in [3.8, 4) is 5.88 Å². The van der Waals surface area contributed by atoms with Crippen LogP contribution >= 0.6 is 0 Å². The van der Waals surface area contributed by atoms with Crippen molar-refractivity contribution in [3.05, 3.63) is 53.2 Å². The quantitative estimate of drug-likeness (QED) is 0.885. The lowest BCUT2D eigenvalue weighted by molar-refractivity contribution is -0.140. The maximum absolute atomic E-state index is 13.5. The van der Waals surface area contributed by atoms with E-state index in [4.69, 9.17) is 10.5 Å². The molecule has 1 heterocycles. The summed E-state index contributed by atoms with van der Waals surface area (Å²) < 4.78 is 55.9. The number of benzene rings is 1. The predicted molar refractivity (Wildman–Crippen MR) is 66.0 cm³/mol. The van der Waals surface area contributed by atoms with Crippen LogP contribution in [0.15, 0.2) is 30.6 Å². The second kappa shape index (κ2) is 5.65. The van der Waals surface area contributed by atoms with Gasteiger partial charge in [0.2, 0.25) is 5.88 Å². The first-order valence-corrected chi connectivity index (χ1v) is 5.81. The fourth-order valence-electron chi connectivity index (χ4n) is 1.76. The van der Waals surface area contributed by atoms with Crippen molar-refractivity contribution in [2.24, 2.45) is 5.73 Å². The van der Waals surface area contributed by atoms with Gasteiger partial charge in [-0.25, -0.2) is 14.4 Å². The van der Waals surface area contributed by atoms with Gasteiger partial charge in [0.15, 0.2) is 0 Å². The van der Waals surface area contributed by atoms with Crippen molar-refractivity contribution < 1.29 is 22.3 Å². The molecule has 0 fully saturated rings. The summed E-state index contributed by atoms with van der Waals surface area (Å²) in [5.74, 6) is -1.13. The van der Waals surface area contributed by atoms with Gasteiger partial charge in [-0.15, -0.1) is 0 Å². The number of aromatic nitrogens is 2. The molecule has 0 bridgehead atoms. The SMILES string of the molecule is COc1cc(C(N)c2ccc(C(F)(F)F)c(F)c2)ncn1. The lowest BCUT2D eigenvalue weighted by Gasteiger charge is -2.14. The van der Waals surface area contributed by atoms with Crippen LogP contribution in [0.1, 0.15) is 22.9 Å². The minimum atomic E-state index is -4.75. The first kappa shape index (κ1) is 15.2. The van der Waals surface area contributed by atoms with Crippen LogP contribution in [-0.4, -0.2) is 17.1 Å². The lowest BCUT2D eigenvalue weighted by Crippen LogP contribution is -2.16. The number of hydrogen-bond acceptors (Lipinski definition) is 4. The summed E-state index contributed by atoms with van der Waals surface area (Å²) in [6.07, 6.45) is -3.54. The van der Waals surface area contributed by atoms with Crippen LogP contribution in [0.2, 0.25) is 0 Å². The topological polar surface area (TPSA) is 61.0 Å². The van der Waals surface area contributed by atoms with Gasteiger partial charge < -0.3 is 10.5 Å². The van der Waals surface area contributed by atoms with Gasteiger partial charge in [0.25, 0.3) is 0 Å². The molecule has 2 rings (SSSR count). The molecule has 0 spiro atoms. The molecule has 0 aliphatic heterocycles. The van der Waals surface area contributed by atoms with E-state index < -0.39 is 23.6 Å². The molecule has 1 aromatic heterocycles. The molecule has 21 heavy (non-hydrogen) atoms. The third kappa shape index (κ3) is 3.27. The van der Waals surface area contributed by atoms with Crippen molar-refractivity contribution in [1.29, 1.82) is 0 Å². The highest BCUT2D eigenvalue weighted by Gasteiger charge is 2.34. The first-order valence-electron chi connectivity index (χ1n) is 5.81. The van der Waals surface area contributed by atoms with Gasteiger partial charge in [0.1, 0.15) is 12.1 Å². The minimum Gasteiger partial charge on any atom is -0.481 e. The number of nitrogens with zero attached hydrogens (tertiary/aromatic N) is 2. The normalized spacial score (nSPS) is 13.0. The number of nitrogens with two attached hydrogens (primary N) is 1. The van der Waals surface area contributed by atoms with Crippen molar-refractivity contribution in [1.82, 2.24) is 9.97 Å². The summed E-state index contributed by atoms with van der Waals surface area (Å²) in [7, 11) is 1.40. The first-order chi connectivity index (χ1) is 9.82. The van der Waals surface area contributed by atoms with Crippen molar-refractivity contribution >= 4 is 0 Å². The smallest absolute Gasteiger partial charge is 0.419 e. The molecule has 2 aromatic rings. The van der Waals surface area contributed by atoms with E-state index in [1.165, 1.54) is 19.5 Å². The maximum atomic E-state index is 13.5. The standard InChI is InChI=1S/C13H11F4N3O/c1-21-11-5-10(19-6-20-11)12(18)7-2-3-8(9(14)4-7)13(15,16)17/h2-6,12H,18H2,1H3. The Kier molecular flexibility index (Phi) is 4.08. The Morgan fingerprint density at radius 2 is 1.90 bits per heavy atom. The van der Waals surface area contributed by atoms with Gasteiger partial charge >= 0.3 is 6.18 Å². The molecule has 112 valence electrons. The summed E-state index contributed by atoms with van der Waals surface area (Å²) in [6, 6.07) is 3.06. The molecular formula is C13H11F4N3O. The van der Waals surface area contributed by atoms with E-state index in [1.54, 1.807) is 0 Å². The Hall–Kier alpha value is -2.22. The number of rotatable bonds is 3. The van der Waals surface area contributed by atoms with E-state index in [2.05, 4.69) is 9.97 Å². The van der Waals surface area contributed by atoms with Crippen LogP contribution in [0.3, 0.4) is 0 Å². The van der Waals surface area contributed by atoms with Gasteiger partial charge in [-0.2, -0.15) is 13.2 Å². The maximum Gasteiger partial charge on any atom is 0.419 e. The van der Waals surface area contributed by atoms with Gasteiger partial charge in [-0.1, -0.05) is 6.07 Å².